The van der Waals surface area contributed by atoms with Gasteiger partial charge in [0.05, 0.1) is 6.42 Å². The molecular weight excluding hydrogens is 362 g/mol. The Morgan fingerprint density at radius 2 is 1.59 bits per heavy atom. The molecule has 1 aromatic rings. The number of nitrogens with one attached hydrogen (secondary N) is 1. The molecule has 0 unspecified atom stereocenters. The second kappa shape index (κ2) is 16.4. The van der Waals surface area contributed by atoms with Gasteiger partial charge in [-0.15, -0.1) is 0 Å². The third-order valence-electron chi connectivity index (χ3n) is 5.82. The molecule has 1 saturated heterocycles. The molecule has 5 heteroatoms. The van der Waals surface area contributed by atoms with Gasteiger partial charge in [0.25, 0.3) is 0 Å². The van der Waals surface area contributed by atoms with E-state index in [-0.39, 0.29) is 6.42 Å². The van der Waals surface area contributed by atoms with E-state index >= 15 is 0 Å². The molecule has 0 aromatic heterocycles. The normalized spacial score (nSPS) is 18.1. The van der Waals surface area contributed by atoms with Crippen molar-refractivity contribution >= 4 is 5.91 Å². The maximum absolute atomic E-state index is 10.6. The second-order valence-corrected chi connectivity index (χ2v) is 7.77. The molecule has 1 saturated carbocycles. The first kappa shape index (κ1) is 25.6. The van der Waals surface area contributed by atoms with Crippen molar-refractivity contribution in [3.63, 3.8) is 0 Å². The van der Waals surface area contributed by atoms with Gasteiger partial charge in [-0.2, -0.15) is 0 Å². The molecule has 1 amide bonds. The van der Waals surface area contributed by atoms with Crippen molar-refractivity contribution in [1.82, 2.24) is 15.3 Å². The first-order chi connectivity index (χ1) is 14.2. The van der Waals surface area contributed by atoms with Gasteiger partial charge in [-0.05, 0) is 31.0 Å². The van der Waals surface area contributed by atoms with Gasteiger partial charge in [-0.3, -0.25) is 10.0 Å². The summed E-state index contributed by atoms with van der Waals surface area (Å²) in [5.74, 6) is 0.661. The number of hydrogen-bond acceptors (Lipinski definition) is 4. The molecule has 0 bridgehead atoms. The van der Waals surface area contributed by atoms with Crippen molar-refractivity contribution in [2.24, 2.45) is 5.92 Å². The maximum Gasteiger partial charge on any atom is 0.247 e. The van der Waals surface area contributed by atoms with Crippen molar-refractivity contribution < 1.29 is 10.0 Å². The minimum absolute atomic E-state index is 0.220. The minimum atomic E-state index is -0.392. The summed E-state index contributed by atoms with van der Waals surface area (Å²) in [7, 11) is 0. The molecule has 1 aliphatic carbocycles. The molecule has 29 heavy (non-hydrogen) atoms. The Bertz CT molecular complexity index is 510. The van der Waals surface area contributed by atoms with Gasteiger partial charge in [0.1, 0.15) is 0 Å². The Morgan fingerprint density at radius 1 is 1.00 bits per heavy atom. The fraction of sp³-hybridized carbons (Fsp3) is 0.708. The molecule has 2 N–H and O–H groups in total. The summed E-state index contributed by atoms with van der Waals surface area (Å²) in [6.07, 6.45) is 9.18. The van der Waals surface area contributed by atoms with Crippen LogP contribution >= 0.6 is 0 Å². The molecule has 2 fully saturated rings. The molecule has 5 nitrogen and oxygen atoms in total. The van der Waals surface area contributed by atoms with Crippen molar-refractivity contribution in [2.45, 2.75) is 65.7 Å². The van der Waals surface area contributed by atoms with Crippen LogP contribution in [0.3, 0.4) is 0 Å². The monoisotopic (exact) mass is 405 g/mol. The van der Waals surface area contributed by atoms with Gasteiger partial charge >= 0.3 is 0 Å². The van der Waals surface area contributed by atoms with Crippen LogP contribution in [0, 0.1) is 5.92 Å². The number of nitrogens with zero attached hydrogens (tertiary/aromatic N) is 2. The largest absolute Gasteiger partial charge is 0.301 e. The lowest BCUT2D eigenvalue weighted by molar-refractivity contribution is -0.128. The Hall–Kier alpha value is -1.43. The van der Waals surface area contributed by atoms with E-state index in [0.29, 0.717) is 0 Å². The lowest BCUT2D eigenvalue weighted by Gasteiger charge is -2.35. The number of rotatable bonds is 6. The Labute approximate surface area is 178 Å². The van der Waals surface area contributed by atoms with E-state index in [0.717, 1.165) is 11.5 Å². The molecule has 0 atom stereocenters. The highest BCUT2D eigenvalue weighted by molar-refractivity contribution is 5.77. The van der Waals surface area contributed by atoms with Crippen molar-refractivity contribution in [1.29, 1.82) is 0 Å². The molecule has 1 heterocycles. The highest BCUT2D eigenvalue weighted by atomic mass is 16.5. The lowest BCUT2D eigenvalue weighted by Crippen LogP contribution is -2.46. The zero-order chi connectivity index (χ0) is 21.3. The van der Waals surface area contributed by atoms with Gasteiger partial charge in [0.15, 0.2) is 0 Å². The highest BCUT2D eigenvalue weighted by Crippen LogP contribution is 2.26. The Balaban J connectivity index is 0.000000284. The van der Waals surface area contributed by atoms with E-state index in [9.17, 15) is 4.79 Å². The van der Waals surface area contributed by atoms with Crippen molar-refractivity contribution in [3.8, 4) is 0 Å². The molecule has 1 aromatic carbocycles. The summed E-state index contributed by atoms with van der Waals surface area (Å²) in [5, 5.41) is 8.20. The van der Waals surface area contributed by atoms with E-state index in [4.69, 9.17) is 5.21 Å². The van der Waals surface area contributed by atoms with Crippen LogP contribution < -0.4 is 5.48 Å². The number of benzene rings is 1. The summed E-state index contributed by atoms with van der Waals surface area (Å²) < 4.78 is 0. The number of hydroxylamine groups is 1. The van der Waals surface area contributed by atoms with Crippen LogP contribution in [-0.4, -0.2) is 60.2 Å². The van der Waals surface area contributed by atoms with Crippen LogP contribution in [0.15, 0.2) is 30.3 Å². The molecule has 166 valence electrons. The number of carbonyl (C=O) groups excluding carboxylic acids is 1. The number of hydrogen-bond donors (Lipinski definition) is 2. The summed E-state index contributed by atoms with van der Waals surface area (Å²) >= 11 is 0. The standard InChI is InChI=1S/C14H28N2.C8H9NO2.C2H6/c1-2-15-10-12-16(13-11-15)9-8-14-6-4-3-5-7-14;10-8(9-11)6-7-4-2-1-3-5-7;1-2/h14H,2-13H2,1H3;1-5,11H,6H2,(H,9,10);1-2H3. The van der Waals surface area contributed by atoms with Crippen LogP contribution in [0.2, 0.25) is 0 Å². The SMILES string of the molecule is CC.CCN1CCN(CCC2CCCCC2)CC1.O=C(Cc1ccccc1)NO. The Morgan fingerprint density at radius 3 is 2.14 bits per heavy atom. The van der Waals surface area contributed by atoms with Crippen LogP contribution in [-0.2, 0) is 11.2 Å². The fourth-order valence-electron chi connectivity index (χ4n) is 3.99. The molecular formula is C24H43N3O2. The van der Waals surface area contributed by atoms with E-state index in [1.165, 1.54) is 77.8 Å². The average Bonchev–Trinajstić information content (AvgIpc) is 2.81. The Kier molecular flexibility index (Phi) is 14.5. The minimum Gasteiger partial charge on any atom is -0.301 e. The zero-order valence-corrected chi connectivity index (χ0v) is 18.9. The topological polar surface area (TPSA) is 55.8 Å². The summed E-state index contributed by atoms with van der Waals surface area (Å²) in [6, 6.07) is 9.23. The fourth-order valence-corrected chi connectivity index (χ4v) is 3.99. The zero-order valence-electron chi connectivity index (χ0n) is 18.9. The van der Waals surface area contributed by atoms with Gasteiger partial charge in [0, 0.05) is 26.2 Å². The third kappa shape index (κ3) is 11.4. The number of piperazine rings is 1. The van der Waals surface area contributed by atoms with Gasteiger partial charge in [-0.25, -0.2) is 5.48 Å². The summed E-state index contributed by atoms with van der Waals surface area (Å²) in [5.41, 5.74) is 2.46. The summed E-state index contributed by atoms with van der Waals surface area (Å²) in [4.78, 5) is 15.9. The van der Waals surface area contributed by atoms with E-state index in [1.807, 2.05) is 44.2 Å². The third-order valence-corrected chi connectivity index (χ3v) is 5.82. The van der Waals surface area contributed by atoms with Crippen molar-refractivity contribution in [2.75, 3.05) is 39.3 Å². The van der Waals surface area contributed by atoms with Crippen LogP contribution in [0.1, 0.15) is 64.9 Å². The van der Waals surface area contributed by atoms with E-state index in [1.54, 1.807) is 5.48 Å². The van der Waals surface area contributed by atoms with Crippen LogP contribution in [0.25, 0.3) is 0 Å². The maximum atomic E-state index is 10.6. The molecule has 2 aliphatic rings. The quantitative estimate of drug-likeness (QED) is 0.545. The molecule has 0 spiro atoms. The predicted molar refractivity (Wildman–Crippen MR) is 121 cm³/mol. The molecule has 0 radical (unpaired) electrons. The number of likely N-dealkylation sites (N-methyl/N-ethyl adjacent to an activating group) is 1. The summed E-state index contributed by atoms with van der Waals surface area (Å²) in [6.45, 7) is 14.1. The number of carbonyl (C=O) groups is 1. The van der Waals surface area contributed by atoms with Gasteiger partial charge in [0.2, 0.25) is 5.91 Å². The van der Waals surface area contributed by atoms with Crippen LogP contribution in [0.4, 0.5) is 0 Å². The first-order valence-corrected chi connectivity index (χ1v) is 11.6. The molecule has 1 aliphatic heterocycles. The van der Waals surface area contributed by atoms with E-state index in [2.05, 4.69) is 16.7 Å². The lowest BCUT2D eigenvalue weighted by atomic mass is 9.87. The van der Waals surface area contributed by atoms with Gasteiger partial charge in [-0.1, -0.05) is 83.2 Å². The first-order valence-electron chi connectivity index (χ1n) is 11.6. The number of amides is 1. The van der Waals surface area contributed by atoms with Crippen molar-refractivity contribution in [3.05, 3.63) is 35.9 Å². The molecule has 3 rings (SSSR count). The average molecular weight is 406 g/mol. The second-order valence-electron chi connectivity index (χ2n) is 7.77. The highest BCUT2D eigenvalue weighted by Gasteiger charge is 2.18. The van der Waals surface area contributed by atoms with E-state index < -0.39 is 5.91 Å². The smallest absolute Gasteiger partial charge is 0.247 e. The van der Waals surface area contributed by atoms with Gasteiger partial charge < -0.3 is 9.80 Å². The van der Waals surface area contributed by atoms with Crippen LogP contribution in [0.5, 0.6) is 0 Å². The predicted octanol–water partition coefficient (Wildman–Crippen LogP) is 4.36.